The minimum atomic E-state index is -3.86. The molecule has 0 aliphatic carbocycles. The van der Waals surface area contributed by atoms with Gasteiger partial charge < -0.3 is 9.67 Å². The van der Waals surface area contributed by atoms with Gasteiger partial charge in [-0.1, -0.05) is 51.1 Å². The van der Waals surface area contributed by atoms with E-state index >= 15 is 0 Å². The van der Waals surface area contributed by atoms with Crippen molar-refractivity contribution in [2.45, 2.75) is 31.7 Å². The van der Waals surface area contributed by atoms with Gasteiger partial charge >= 0.3 is 5.97 Å². The highest BCUT2D eigenvalue weighted by molar-refractivity contribution is 7.89. The second-order valence-electron chi connectivity index (χ2n) is 6.81. The summed E-state index contributed by atoms with van der Waals surface area (Å²) in [5, 5.41) is 9.10. The first-order valence-corrected chi connectivity index (χ1v) is 8.97. The molecular weight excluding hydrogens is 328 g/mol. The van der Waals surface area contributed by atoms with E-state index in [-0.39, 0.29) is 16.0 Å². The van der Waals surface area contributed by atoms with E-state index < -0.39 is 22.0 Å². The minimum Gasteiger partial charge on any atom is -0.477 e. The van der Waals surface area contributed by atoms with Crippen molar-refractivity contribution >= 4 is 16.0 Å². The van der Waals surface area contributed by atoms with Crippen molar-refractivity contribution in [2.24, 2.45) is 12.5 Å². The fourth-order valence-corrected chi connectivity index (χ4v) is 4.01. The molecule has 1 aromatic carbocycles. The molecule has 7 heteroatoms. The fraction of sp³-hybridized carbons (Fsp3) is 0.353. The van der Waals surface area contributed by atoms with Crippen LogP contribution in [-0.4, -0.2) is 24.1 Å². The average molecular weight is 350 g/mol. The molecule has 1 unspecified atom stereocenters. The Hall–Kier alpha value is -2.12. The number of carboxylic acids is 1. The van der Waals surface area contributed by atoms with E-state index in [1.165, 1.54) is 17.8 Å². The van der Waals surface area contributed by atoms with E-state index in [2.05, 4.69) is 4.72 Å². The highest BCUT2D eigenvalue weighted by Gasteiger charge is 2.32. The Labute approximate surface area is 142 Å². The number of benzene rings is 1. The minimum absolute atomic E-state index is 0.0624. The summed E-state index contributed by atoms with van der Waals surface area (Å²) in [6, 6.07) is 10.0. The zero-order valence-electron chi connectivity index (χ0n) is 14.1. The van der Waals surface area contributed by atoms with E-state index in [1.54, 1.807) is 0 Å². The molecule has 0 amide bonds. The third kappa shape index (κ3) is 3.85. The maximum atomic E-state index is 12.7. The molecule has 2 aromatic rings. The summed E-state index contributed by atoms with van der Waals surface area (Å²) >= 11 is 0. The summed E-state index contributed by atoms with van der Waals surface area (Å²) in [5.41, 5.74) is 0.407. The second-order valence-corrected chi connectivity index (χ2v) is 8.52. The van der Waals surface area contributed by atoms with Gasteiger partial charge in [0, 0.05) is 13.2 Å². The SMILES string of the molecule is Cn1cc(S(=O)(=O)NC(c2ccccc2)C(C)(C)C)cc1C(=O)O. The van der Waals surface area contributed by atoms with Gasteiger partial charge in [0.2, 0.25) is 10.0 Å². The van der Waals surface area contributed by atoms with Crippen molar-refractivity contribution < 1.29 is 18.3 Å². The van der Waals surface area contributed by atoms with Crippen molar-refractivity contribution in [3.63, 3.8) is 0 Å². The Bertz CT molecular complexity index is 833. The quantitative estimate of drug-likeness (QED) is 0.868. The first-order chi connectivity index (χ1) is 11.0. The number of nitrogens with zero attached hydrogens (tertiary/aromatic N) is 1. The van der Waals surface area contributed by atoms with Crippen LogP contribution in [0, 0.1) is 5.41 Å². The van der Waals surface area contributed by atoms with Crippen LogP contribution < -0.4 is 4.72 Å². The second kappa shape index (κ2) is 6.41. The molecule has 1 atom stereocenters. The molecule has 24 heavy (non-hydrogen) atoms. The molecular formula is C17H22N2O4S. The number of aromatic carboxylic acids is 1. The summed E-state index contributed by atoms with van der Waals surface area (Å²) < 4.78 is 29.5. The Kier molecular flexibility index (Phi) is 4.87. The van der Waals surface area contributed by atoms with Crippen LogP contribution in [0.4, 0.5) is 0 Å². The number of sulfonamides is 1. The monoisotopic (exact) mass is 350 g/mol. The number of nitrogens with one attached hydrogen (secondary N) is 1. The Balaban J connectivity index is 2.42. The molecule has 2 N–H and O–H groups in total. The fourth-order valence-electron chi connectivity index (χ4n) is 2.51. The first kappa shape index (κ1) is 18.2. The standard InChI is InChI=1S/C17H22N2O4S/c1-17(2,3)15(12-8-6-5-7-9-12)18-24(22,23)13-10-14(16(20)21)19(4)11-13/h5-11,15,18H,1-4H3,(H,20,21). The van der Waals surface area contributed by atoms with Crippen molar-refractivity contribution in [3.05, 3.63) is 53.9 Å². The zero-order valence-corrected chi connectivity index (χ0v) is 15.0. The number of hydrogen-bond acceptors (Lipinski definition) is 3. The third-order valence-corrected chi connectivity index (χ3v) is 5.17. The maximum Gasteiger partial charge on any atom is 0.352 e. The molecule has 1 aromatic heterocycles. The molecule has 0 saturated carbocycles. The van der Waals surface area contributed by atoms with Crippen molar-refractivity contribution in [1.82, 2.24) is 9.29 Å². The van der Waals surface area contributed by atoms with Gasteiger partial charge in [0.15, 0.2) is 0 Å². The van der Waals surface area contributed by atoms with E-state index in [1.807, 2.05) is 51.1 Å². The number of aromatic nitrogens is 1. The van der Waals surface area contributed by atoms with Gasteiger partial charge in [-0.15, -0.1) is 0 Å². The van der Waals surface area contributed by atoms with Crippen LogP contribution in [0.5, 0.6) is 0 Å². The van der Waals surface area contributed by atoms with Crippen LogP contribution in [0.15, 0.2) is 47.5 Å². The number of hydrogen-bond donors (Lipinski definition) is 2. The predicted molar refractivity (Wildman–Crippen MR) is 91.3 cm³/mol. The molecule has 0 fully saturated rings. The van der Waals surface area contributed by atoms with Crippen LogP contribution >= 0.6 is 0 Å². The topological polar surface area (TPSA) is 88.4 Å². The summed E-state index contributed by atoms with van der Waals surface area (Å²) in [6.45, 7) is 5.84. The van der Waals surface area contributed by atoms with E-state index in [4.69, 9.17) is 5.11 Å². The lowest BCUT2D eigenvalue weighted by Crippen LogP contribution is -2.36. The van der Waals surface area contributed by atoms with Crippen LogP contribution in [0.1, 0.15) is 42.9 Å². The highest BCUT2D eigenvalue weighted by Crippen LogP contribution is 2.34. The van der Waals surface area contributed by atoms with Crippen molar-refractivity contribution in [1.29, 1.82) is 0 Å². The van der Waals surface area contributed by atoms with E-state index in [0.717, 1.165) is 11.6 Å². The van der Waals surface area contributed by atoms with Crippen LogP contribution in [0.25, 0.3) is 0 Å². The van der Waals surface area contributed by atoms with Crippen molar-refractivity contribution in [3.8, 4) is 0 Å². The predicted octanol–water partition coefficient (Wildman–Crippen LogP) is 2.79. The molecule has 0 bridgehead atoms. The summed E-state index contributed by atoms with van der Waals surface area (Å²) in [4.78, 5) is 11.1. The highest BCUT2D eigenvalue weighted by atomic mass is 32.2. The zero-order chi connectivity index (χ0) is 18.1. The van der Waals surface area contributed by atoms with Crippen LogP contribution in [-0.2, 0) is 17.1 Å². The van der Waals surface area contributed by atoms with Gasteiger partial charge in [0.25, 0.3) is 0 Å². The largest absolute Gasteiger partial charge is 0.477 e. The summed E-state index contributed by atoms with van der Waals surface area (Å²) in [7, 11) is -2.36. The van der Waals surface area contributed by atoms with Gasteiger partial charge in [-0.3, -0.25) is 0 Å². The van der Waals surface area contributed by atoms with Gasteiger partial charge in [0.05, 0.1) is 6.04 Å². The summed E-state index contributed by atoms with van der Waals surface area (Å²) in [5.74, 6) is -1.17. The molecule has 0 aliphatic heterocycles. The normalized spacial score (nSPS) is 13.7. The molecule has 0 radical (unpaired) electrons. The van der Waals surface area contributed by atoms with Gasteiger partial charge in [-0.2, -0.15) is 0 Å². The van der Waals surface area contributed by atoms with Gasteiger partial charge in [-0.25, -0.2) is 17.9 Å². The lowest BCUT2D eigenvalue weighted by Gasteiger charge is -2.31. The molecule has 0 saturated heterocycles. The van der Waals surface area contributed by atoms with E-state index in [0.29, 0.717) is 0 Å². The van der Waals surface area contributed by atoms with Crippen LogP contribution in [0.3, 0.4) is 0 Å². The molecule has 6 nitrogen and oxygen atoms in total. The number of carbonyl (C=O) groups is 1. The van der Waals surface area contributed by atoms with Gasteiger partial charge in [0.1, 0.15) is 10.6 Å². The molecule has 0 spiro atoms. The Morgan fingerprint density at radius 2 is 1.79 bits per heavy atom. The summed E-state index contributed by atoms with van der Waals surface area (Å²) in [6.07, 6.45) is 1.30. The average Bonchev–Trinajstić information content (AvgIpc) is 2.88. The lowest BCUT2D eigenvalue weighted by atomic mass is 9.83. The smallest absolute Gasteiger partial charge is 0.352 e. The molecule has 1 heterocycles. The number of aryl methyl sites for hydroxylation is 1. The third-order valence-electron chi connectivity index (χ3n) is 3.78. The molecule has 2 rings (SSSR count). The van der Waals surface area contributed by atoms with E-state index in [9.17, 15) is 13.2 Å². The maximum absolute atomic E-state index is 12.7. The number of carboxylic acid groups (broad SMARTS) is 1. The van der Waals surface area contributed by atoms with Gasteiger partial charge in [-0.05, 0) is 17.0 Å². The van der Waals surface area contributed by atoms with Crippen molar-refractivity contribution in [2.75, 3.05) is 0 Å². The number of rotatable bonds is 5. The Morgan fingerprint density at radius 1 is 1.21 bits per heavy atom. The lowest BCUT2D eigenvalue weighted by molar-refractivity contribution is 0.0686. The Morgan fingerprint density at radius 3 is 2.25 bits per heavy atom. The molecule has 0 aliphatic rings. The molecule has 130 valence electrons. The first-order valence-electron chi connectivity index (χ1n) is 7.49. The van der Waals surface area contributed by atoms with Crippen LogP contribution in [0.2, 0.25) is 0 Å².